The van der Waals surface area contributed by atoms with Gasteiger partial charge in [-0.2, -0.15) is 0 Å². The van der Waals surface area contributed by atoms with Gasteiger partial charge in [0.1, 0.15) is 0 Å². The summed E-state index contributed by atoms with van der Waals surface area (Å²) in [6, 6.07) is 0. The fraction of sp³-hybridized carbons (Fsp3) is 0.700. The van der Waals surface area contributed by atoms with Crippen LogP contribution in [-0.2, 0) is 11.3 Å². The van der Waals surface area contributed by atoms with E-state index in [1.54, 1.807) is 0 Å². The summed E-state index contributed by atoms with van der Waals surface area (Å²) in [6.45, 7) is 2.95. The molecule has 1 aliphatic rings. The van der Waals surface area contributed by atoms with Gasteiger partial charge in [0.2, 0.25) is 5.95 Å². The smallest absolute Gasteiger partial charge is 0.313 e. The fourth-order valence-corrected chi connectivity index (χ4v) is 2.48. The highest BCUT2D eigenvalue weighted by Gasteiger charge is 2.29. The number of nitrogens with two attached hydrogens (primary N) is 1. The summed E-state index contributed by atoms with van der Waals surface area (Å²) in [5, 5.41) is 17.0. The molecule has 0 aromatic carbocycles. The van der Waals surface area contributed by atoms with Gasteiger partial charge in [0.05, 0.1) is 5.75 Å². The second-order valence-corrected chi connectivity index (χ2v) is 5.39. The molecule has 17 heavy (non-hydrogen) atoms. The van der Waals surface area contributed by atoms with E-state index in [1.807, 2.05) is 4.57 Å². The molecule has 0 aliphatic heterocycles. The van der Waals surface area contributed by atoms with Gasteiger partial charge in [0.25, 0.3) is 0 Å². The molecule has 0 saturated heterocycles. The topological polar surface area (TPSA) is 94.0 Å². The minimum absolute atomic E-state index is 0.0179. The highest BCUT2D eigenvalue weighted by molar-refractivity contribution is 7.99. The molecule has 0 radical (unpaired) electrons. The van der Waals surface area contributed by atoms with E-state index in [2.05, 4.69) is 17.1 Å². The van der Waals surface area contributed by atoms with Crippen molar-refractivity contribution in [3.05, 3.63) is 0 Å². The van der Waals surface area contributed by atoms with Crippen LogP contribution in [0.1, 0.15) is 19.8 Å². The van der Waals surface area contributed by atoms with Gasteiger partial charge in [-0.25, -0.2) is 0 Å². The highest BCUT2D eigenvalue weighted by Crippen LogP contribution is 2.38. The fourth-order valence-electron chi connectivity index (χ4n) is 1.81. The van der Waals surface area contributed by atoms with Gasteiger partial charge >= 0.3 is 5.97 Å². The average Bonchev–Trinajstić information content (AvgIpc) is 3.05. The van der Waals surface area contributed by atoms with Gasteiger partial charge in [0.15, 0.2) is 5.16 Å². The van der Waals surface area contributed by atoms with Crippen LogP contribution in [-0.4, -0.2) is 31.6 Å². The molecule has 94 valence electrons. The molecule has 1 atom stereocenters. The average molecular weight is 256 g/mol. The maximum absolute atomic E-state index is 10.5. The van der Waals surface area contributed by atoms with Crippen LogP contribution in [0.5, 0.6) is 0 Å². The van der Waals surface area contributed by atoms with Crippen molar-refractivity contribution in [2.75, 3.05) is 11.5 Å². The lowest BCUT2D eigenvalue weighted by Gasteiger charge is -2.13. The molecule has 7 heteroatoms. The molecule has 2 rings (SSSR count). The number of hydrogen-bond acceptors (Lipinski definition) is 5. The third-order valence-corrected chi connectivity index (χ3v) is 3.92. The predicted octanol–water partition coefficient (Wildman–Crippen LogP) is 1.08. The summed E-state index contributed by atoms with van der Waals surface area (Å²) in [6.07, 6.45) is 2.56. The zero-order valence-electron chi connectivity index (χ0n) is 9.67. The van der Waals surface area contributed by atoms with Crippen molar-refractivity contribution in [2.24, 2.45) is 11.8 Å². The zero-order valence-corrected chi connectivity index (χ0v) is 10.5. The number of thioether (sulfide) groups is 1. The van der Waals surface area contributed by atoms with E-state index in [1.165, 1.54) is 12.8 Å². The molecule has 3 N–H and O–H groups in total. The lowest BCUT2D eigenvalue weighted by atomic mass is 10.1. The minimum Gasteiger partial charge on any atom is -0.481 e. The summed E-state index contributed by atoms with van der Waals surface area (Å²) in [4.78, 5) is 10.5. The lowest BCUT2D eigenvalue weighted by molar-refractivity contribution is -0.133. The quantitative estimate of drug-likeness (QED) is 0.740. The van der Waals surface area contributed by atoms with Crippen LogP contribution in [0.4, 0.5) is 5.95 Å². The van der Waals surface area contributed by atoms with E-state index in [4.69, 9.17) is 10.8 Å². The summed E-state index contributed by atoms with van der Waals surface area (Å²) in [7, 11) is 0. The van der Waals surface area contributed by atoms with E-state index < -0.39 is 5.97 Å². The van der Waals surface area contributed by atoms with Crippen LogP contribution < -0.4 is 5.73 Å². The Kier molecular flexibility index (Phi) is 3.56. The monoisotopic (exact) mass is 256 g/mol. The number of aliphatic carboxylic acids is 1. The minimum atomic E-state index is -0.863. The standard InChI is InChI=1S/C10H16N4O2S/c1-6(7-2-3-7)4-14-9(11)12-13-10(14)17-5-8(15)16/h6-7H,2-5H2,1H3,(H2,11,12)(H,15,16). The Hall–Kier alpha value is -1.24. The Labute approximate surface area is 104 Å². The van der Waals surface area contributed by atoms with Crippen molar-refractivity contribution in [3.8, 4) is 0 Å². The van der Waals surface area contributed by atoms with Gasteiger partial charge in [-0.1, -0.05) is 18.7 Å². The first-order chi connectivity index (χ1) is 8.08. The molecular weight excluding hydrogens is 240 g/mol. The Morgan fingerprint density at radius 3 is 2.94 bits per heavy atom. The normalized spacial score (nSPS) is 17.0. The van der Waals surface area contributed by atoms with Gasteiger partial charge in [-0.05, 0) is 24.7 Å². The van der Waals surface area contributed by atoms with Crippen molar-refractivity contribution in [2.45, 2.75) is 31.5 Å². The largest absolute Gasteiger partial charge is 0.481 e. The molecule has 0 spiro atoms. The number of carbonyl (C=O) groups is 1. The van der Waals surface area contributed by atoms with Gasteiger partial charge < -0.3 is 10.8 Å². The van der Waals surface area contributed by atoms with Crippen LogP contribution in [0.3, 0.4) is 0 Å². The van der Waals surface area contributed by atoms with E-state index in [-0.39, 0.29) is 5.75 Å². The molecule has 6 nitrogen and oxygen atoms in total. The Balaban J connectivity index is 2.02. The summed E-state index contributed by atoms with van der Waals surface area (Å²) >= 11 is 1.16. The third kappa shape index (κ3) is 3.12. The van der Waals surface area contributed by atoms with Crippen molar-refractivity contribution in [1.82, 2.24) is 14.8 Å². The molecule has 1 unspecified atom stereocenters. The number of carboxylic acids is 1. The van der Waals surface area contributed by atoms with Crippen LogP contribution in [0.2, 0.25) is 0 Å². The van der Waals surface area contributed by atoms with Crippen molar-refractivity contribution >= 4 is 23.7 Å². The number of carboxylic acid groups (broad SMARTS) is 1. The molecule has 1 saturated carbocycles. The van der Waals surface area contributed by atoms with E-state index in [0.29, 0.717) is 17.0 Å². The molecule has 1 aromatic rings. The Morgan fingerprint density at radius 2 is 2.35 bits per heavy atom. The maximum Gasteiger partial charge on any atom is 0.313 e. The number of nitrogen functional groups attached to an aromatic ring is 1. The maximum atomic E-state index is 10.5. The zero-order chi connectivity index (χ0) is 12.4. The van der Waals surface area contributed by atoms with Gasteiger partial charge in [-0.3, -0.25) is 9.36 Å². The summed E-state index contributed by atoms with van der Waals surface area (Å²) < 4.78 is 1.82. The van der Waals surface area contributed by atoms with Gasteiger partial charge in [0, 0.05) is 6.54 Å². The molecular formula is C10H16N4O2S. The summed E-state index contributed by atoms with van der Waals surface area (Å²) in [5.41, 5.74) is 5.75. The van der Waals surface area contributed by atoms with E-state index in [0.717, 1.165) is 24.2 Å². The second kappa shape index (κ2) is 4.95. The number of aromatic nitrogens is 3. The van der Waals surface area contributed by atoms with Crippen LogP contribution in [0.15, 0.2) is 5.16 Å². The molecule has 1 aliphatic carbocycles. The SMILES string of the molecule is CC(Cn1c(N)nnc1SCC(=O)O)C1CC1. The lowest BCUT2D eigenvalue weighted by Crippen LogP contribution is -2.13. The van der Waals surface area contributed by atoms with Crippen molar-refractivity contribution < 1.29 is 9.90 Å². The van der Waals surface area contributed by atoms with Gasteiger partial charge in [-0.15, -0.1) is 10.2 Å². The van der Waals surface area contributed by atoms with E-state index >= 15 is 0 Å². The van der Waals surface area contributed by atoms with Crippen LogP contribution in [0.25, 0.3) is 0 Å². The Morgan fingerprint density at radius 1 is 1.65 bits per heavy atom. The summed E-state index contributed by atoms with van der Waals surface area (Å²) in [5.74, 6) is 0.797. The molecule has 0 bridgehead atoms. The van der Waals surface area contributed by atoms with Crippen molar-refractivity contribution in [1.29, 1.82) is 0 Å². The number of rotatable bonds is 6. The number of anilines is 1. The third-order valence-electron chi connectivity index (χ3n) is 2.97. The first kappa shape index (κ1) is 12.2. The molecule has 1 fully saturated rings. The predicted molar refractivity (Wildman–Crippen MR) is 64.7 cm³/mol. The molecule has 1 heterocycles. The van der Waals surface area contributed by atoms with Crippen LogP contribution in [0, 0.1) is 11.8 Å². The van der Waals surface area contributed by atoms with Crippen molar-refractivity contribution in [3.63, 3.8) is 0 Å². The molecule has 1 aromatic heterocycles. The number of hydrogen-bond donors (Lipinski definition) is 2. The number of nitrogens with zero attached hydrogens (tertiary/aromatic N) is 3. The Bertz CT molecular complexity index is 416. The first-order valence-electron chi connectivity index (χ1n) is 5.61. The first-order valence-corrected chi connectivity index (χ1v) is 6.59. The second-order valence-electron chi connectivity index (χ2n) is 4.45. The van der Waals surface area contributed by atoms with Crippen LogP contribution >= 0.6 is 11.8 Å². The highest BCUT2D eigenvalue weighted by atomic mass is 32.2. The molecule has 0 amide bonds. The van der Waals surface area contributed by atoms with E-state index in [9.17, 15) is 4.79 Å².